The minimum atomic E-state index is -0.302. The number of urea groups is 1. The Morgan fingerprint density at radius 3 is 2.88 bits per heavy atom. The number of anilines is 1. The van der Waals surface area contributed by atoms with Gasteiger partial charge in [0.1, 0.15) is 5.82 Å². The number of rotatable bonds is 3. The van der Waals surface area contributed by atoms with Gasteiger partial charge < -0.3 is 10.0 Å². The van der Waals surface area contributed by atoms with Crippen molar-refractivity contribution in [2.45, 2.75) is 37.6 Å². The maximum atomic E-state index is 12.8. The number of aliphatic hydroxyl groups excluding tert-OH is 1. The van der Waals surface area contributed by atoms with Gasteiger partial charge in [-0.05, 0) is 30.4 Å². The number of amides is 2. The van der Waals surface area contributed by atoms with Crippen molar-refractivity contribution < 1.29 is 9.90 Å². The molecule has 2 N–H and O–H groups in total. The third kappa shape index (κ3) is 2.91. The summed E-state index contributed by atoms with van der Waals surface area (Å²) < 4.78 is 1.73. The summed E-state index contributed by atoms with van der Waals surface area (Å²) in [5.74, 6) is 1.24. The van der Waals surface area contributed by atoms with Gasteiger partial charge >= 0.3 is 6.03 Å². The first kappa shape index (κ1) is 16.1. The topological polar surface area (TPSA) is 70.4 Å². The summed E-state index contributed by atoms with van der Waals surface area (Å²) in [6.07, 6.45) is 4.42. The minimum Gasteiger partial charge on any atom is -0.394 e. The van der Waals surface area contributed by atoms with Crippen molar-refractivity contribution in [1.29, 1.82) is 0 Å². The van der Waals surface area contributed by atoms with Crippen LogP contribution >= 0.6 is 0 Å². The number of benzene rings is 1. The number of hydrogen-bond acceptors (Lipinski definition) is 3. The Bertz CT molecular complexity index is 781. The van der Waals surface area contributed by atoms with E-state index in [9.17, 15) is 9.90 Å². The predicted molar refractivity (Wildman–Crippen MR) is 95.5 cm³/mol. The minimum absolute atomic E-state index is 0.0802. The monoisotopic (exact) mass is 340 g/mol. The molecule has 2 aromatic rings. The number of carbonyl (C=O) groups excluding carboxylic acids is 1. The van der Waals surface area contributed by atoms with E-state index in [0.717, 1.165) is 17.7 Å². The molecule has 0 saturated heterocycles. The van der Waals surface area contributed by atoms with Crippen LogP contribution in [0.15, 0.2) is 30.3 Å². The first-order valence-corrected chi connectivity index (χ1v) is 8.97. The Labute approximate surface area is 147 Å². The van der Waals surface area contributed by atoms with E-state index in [-0.39, 0.29) is 18.7 Å². The highest BCUT2D eigenvalue weighted by molar-refractivity contribution is 5.89. The molecule has 4 rings (SSSR count). The Morgan fingerprint density at radius 1 is 1.36 bits per heavy atom. The molecule has 1 aliphatic carbocycles. The van der Waals surface area contributed by atoms with E-state index in [1.807, 2.05) is 31.3 Å². The third-order valence-corrected chi connectivity index (χ3v) is 5.50. The van der Waals surface area contributed by atoms with Crippen LogP contribution in [-0.2, 0) is 13.5 Å². The van der Waals surface area contributed by atoms with Crippen molar-refractivity contribution in [3.63, 3.8) is 0 Å². The van der Waals surface area contributed by atoms with Gasteiger partial charge in [-0.15, -0.1) is 0 Å². The van der Waals surface area contributed by atoms with Gasteiger partial charge in [0.15, 0.2) is 0 Å². The van der Waals surface area contributed by atoms with Gasteiger partial charge in [0.25, 0.3) is 0 Å². The maximum Gasteiger partial charge on any atom is 0.323 e. The molecule has 2 amide bonds. The second-order valence-corrected chi connectivity index (χ2v) is 6.98. The fraction of sp³-hybridized carbons (Fsp3) is 0.474. The molecule has 0 bridgehead atoms. The lowest BCUT2D eigenvalue weighted by Gasteiger charge is -2.36. The highest BCUT2D eigenvalue weighted by atomic mass is 16.3. The van der Waals surface area contributed by atoms with Crippen LogP contribution in [0.5, 0.6) is 0 Å². The Morgan fingerprint density at radius 2 is 2.16 bits per heavy atom. The van der Waals surface area contributed by atoms with Gasteiger partial charge in [-0.2, -0.15) is 5.10 Å². The number of aromatic nitrogens is 2. The lowest BCUT2D eigenvalue weighted by atomic mass is 9.83. The summed E-state index contributed by atoms with van der Waals surface area (Å²) in [5.41, 5.74) is 3.30. The molecule has 1 fully saturated rings. The second kappa shape index (κ2) is 6.52. The van der Waals surface area contributed by atoms with Crippen LogP contribution in [0.4, 0.5) is 10.6 Å². The first-order chi connectivity index (χ1) is 12.2. The zero-order valence-electron chi connectivity index (χ0n) is 14.5. The van der Waals surface area contributed by atoms with Gasteiger partial charge in [-0.1, -0.05) is 30.7 Å². The standard InChI is InChI=1S/C19H24N4O2/c1-22-18(11-16(21-22)14-6-4-7-14)20-19(25)23-10-9-13-5-2-3-8-15(13)17(23)12-24/h2-3,5,8,11,14,17,24H,4,6-7,9-10,12H2,1H3,(H,20,25). The fourth-order valence-corrected chi connectivity index (χ4v) is 3.78. The molecule has 132 valence electrons. The summed E-state index contributed by atoms with van der Waals surface area (Å²) >= 11 is 0. The van der Waals surface area contributed by atoms with Crippen LogP contribution < -0.4 is 5.32 Å². The number of hydrogen-bond donors (Lipinski definition) is 2. The molecule has 0 spiro atoms. The molecule has 1 aromatic carbocycles. The SMILES string of the molecule is Cn1nc(C2CCC2)cc1NC(=O)N1CCc2ccccc2C1CO. The van der Waals surface area contributed by atoms with Crippen LogP contribution in [0.1, 0.15) is 48.0 Å². The summed E-state index contributed by atoms with van der Waals surface area (Å²) in [6.45, 7) is 0.518. The molecule has 25 heavy (non-hydrogen) atoms. The van der Waals surface area contributed by atoms with Crippen molar-refractivity contribution in [2.24, 2.45) is 7.05 Å². The van der Waals surface area contributed by atoms with E-state index in [4.69, 9.17) is 0 Å². The molecule has 2 heterocycles. The normalized spacial score (nSPS) is 20.1. The largest absolute Gasteiger partial charge is 0.394 e. The van der Waals surface area contributed by atoms with Crippen molar-refractivity contribution in [3.8, 4) is 0 Å². The first-order valence-electron chi connectivity index (χ1n) is 8.97. The van der Waals surface area contributed by atoms with E-state index in [1.54, 1.807) is 9.58 Å². The summed E-state index contributed by atoms with van der Waals surface area (Å²) in [6, 6.07) is 9.51. The number of fused-ring (bicyclic) bond motifs is 1. The summed E-state index contributed by atoms with van der Waals surface area (Å²) in [7, 11) is 1.85. The Balaban J connectivity index is 1.52. The molecule has 0 radical (unpaired) electrons. The Kier molecular flexibility index (Phi) is 4.21. The van der Waals surface area contributed by atoms with Gasteiger partial charge in [0, 0.05) is 25.6 Å². The lowest BCUT2D eigenvalue weighted by molar-refractivity contribution is 0.135. The molecular weight excluding hydrogens is 316 g/mol. The second-order valence-electron chi connectivity index (χ2n) is 6.98. The van der Waals surface area contributed by atoms with E-state index >= 15 is 0 Å². The van der Waals surface area contributed by atoms with Gasteiger partial charge in [0.2, 0.25) is 0 Å². The van der Waals surface area contributed by atoms with Crippen molar-refractivity contribution in [2.75, 3.05) is 18.5 Å². The average molecular weight is 340 g/mol. The maximum absolute atomic E-state index is 12.8. The summed E-state index contributed by atoms with van der Waals surface area (Å²) in [5, 5.41) is 17.4. The van der Waals surface area contributed by atoms with E-state index in [0.29, 0.717) is 18.3 Å². The molecular formula is C19H24N4O2. The van der Waals surface area contributed by atoms with Crippen LogP contribution in [0.25, 0.3) is 0 Å². The number of nitrogens with one attached hydrogen (secondary N) is 1. The predicted octanol–water partition coefficient (Wildman–Crippen LogP) is 2.81. The van der Waals surface area contributed by atoms with E-state index in [2.05, 4.69) is 16.5 Å². The van der Waals surface area contributed by atoms with Gasteiger partial charge in [0.05, 0.1) is 18.3 Å². The molecule has 1 aromatic heterocycles. The van der Waals surface area contributed by atoms with Gasteiger partial charge in [-0.25, -0.2) is 4.79 Å². The molecule has 1 saturated carbocycles. The third-order valence-electron chi connectivity index (χ3n) is 5.50. The van der Waals surface area contributed by atoms with Crippen LogP contribution in [-0.4, -0.2) is 39.0 Å². The van der Waals surface area contributed by atoms with Crippen LogP contribution in [0, 0.1) is 0 Å². The Hall–Kier alpha value is -2.34. The molecule has 1 unspecified atom stereocenters. The zero-order chi connectivity index (χ0) is 17.4. The smallest absolute Gasteiger partial charge is 0.323 e. The molecule has 6 heteroatoms. The zero-order valence-corrected chi connectivity index (χ0v) is 14.5. The number of aryl methyl sites for hydroxylation is 1. The molecule has 1 atom stereocenters. The van der Waals surface area contributed by atoms with Crippen molar-refractivity contribution in [1.82, 2.24) is 14.7 Å². The van der Waals surface area contributed by atoms with Crippen molar-refractivity contribution in [3.05, 3.63) is 47.2 Å². The molecule has 1 aliphatic heterocycles. The summed E-state index contributed by atoms with van der Waals surface area (Å²) in [4.78, 5) is 14.5. The fourth-order valence-electron chi connectivity index (χ4n) is 3.78. The quantitative estimate of drug-likeness (QED) is 0.903. The number of carbonyl (C=O) groups is 1. The lowest BCUT2D eigenvalue weighted by Crippen LogP contribution is -2.44. The number of nitrogens with zero attached hydrogens (tertiary/aromatic N) is 3. The van der Waals surface area contributed by atoms with Crippen molar-refractivity contribution >= 4 is 11.8 Å². The molecule has 2 aliphatic rings. The highest BCUT2D eigenvalue weighted by Crippen LogP contribution is 2.36. The highest BCUT2D eigenvalue weighted by Gasteiger charge is 2.31. The van der Waals surface area contributed by atoms with E-state index in [1.165, 1.54) is 24.8 Å². The van der Waals surface area contributed by atoms with E-state index < -0.39 is 0 Å². The average Bonchev–Trinajstić information content (AvgIpc) is 2.92. The van der Waals surface area contributed by atoms with Crippen LogP contribution in [0.3, 0.4) is 0 Å². The van der Waals surface area contributed by atoms with Gasteiger partial charge in [-0.3, -0.25) is 10.00 Å². The molecule has 6 nitrogen and oxygen atoms in total. The number of aliphatic hydroxyl groups is 1. The van der Waals surface area contributed by atoms with Crippen LogP contribution in [0.2, 0.25) is 0 Å².